The monoisotopic (exact) mass is 128 g/mol. The van der Waals surface area contributed by atoms with Gasteiger partial charge in [0.05, 0.1) is 0 Å². The van der Waals surface area contributed by atoms with Gasteiger partial charge in [-0.1, -0.05) is 19.9 Å². The molecule has 0 unspecified atom stereocenters. The lowest BCUT2D eigenvalue weighted by molar-refractivity contribution is 0.621. The smallest absolute Gasteiger partial charge is 0.00996 e. The lowest BCUT2D eigenvalue weighted by Gasteiger charge is -2.15. The summed E-state index contributed by atoms with van der Waals surface area (Å²) in [6.07, 6.45) is 4.48. The van der Waals surface area contributed by atoms with Gasteiger partial charge in [0.2, 0.25) is 0 Å². The van der Waals surface area contributed by atoms with Gasteiger partial charge in [-0.05, 0) is 17.9 Å². The van der Waals surface area contributed by atoms with Gasteiger partial charge in [-0.15, -0.1) is 6.58 Å². The molecule has 1 heteroatoms. The van der Waals surface area contributed by atoms with E-state index >= 15 is 0 Å². The van der Waals surface area contributed by atoms with Gasteiger partial charge < -0.3 is 0 Å². The Balaban J connectivity index is 3.24. The van der Waals surface area contributed by atoms with Crippen molar-refractivity contribution >= 4 is 10.2 Å². The second kappa shape index (κ2) is 3.08. The molecule has 0 spiro atoms. The molecule has 0 fully saturated rings. The molecule has 8 heavy (non-hydrogen) atoms. The highest BCUT2D eigenvalue weighted by Gasteiger charge is 2.06. The van der Waals surface area contributed by atoms with Gasteiger partial charge in [0.25, 0.3) is 0 Å². The summed E-state index contributed by atoms with van der Waals surface area (Å²) in [7, 11) is 1.29. The summed E-state index contributed by atoms with van der Waals surface area (Å²) in [5.74, 6) is 0. The highest BCUT2D eigenvalue weighted by atomic mass is 28.1. The van der Waals surface area contributed by atoms with Crippen LogP contribution in [0.4, 0.5) is 0 Å². The second-order valence-electron chi connectivity index (χ2n) is 3.39. The van der Waals surface area contributed by atoms with E-state index in [2.05, 4.69) is 20.4 Å². The average Bonchev–Trinajstić information content (AvgIpc) is 1.59. The normalized spacial score (nSPS) is 11.8. The van der Waals surface area contributed by atoms with Crippen LogP contribution in [0.25, 0.3) is 0 Å². The van der Waals surface area contributed by atoms with Gasteiger partial charge in [0, 0.05) is 10.2 Å². The molecular formula is C7H16Si. The molecule has 0 nitrogen and oxygen atoms in total. The van der Waals surface area contributed by atoms with Crippen LogP contribution in [-0.2, 0) is 0 Å². The quantitative estimate of drug-likeness (QED) is 0.399. The van der Waals surface area contributed by atoms with E-state index in [-0.39, 0.29) is 0 Å². The van der Waals surface area contributed by atoms with Crippen LogP contribution in [0, 0.1) is 0 Å². The molecule has 0 aliphatic carbocycles. The molecule has 0 aromatic carbocycles. The van der Waals surface area contributed by atoms with Gasteiger partial charge in [-0.3, -0.25) is 0 Å². The molecule has 0 aliphatic heterocycles. The van der Waals surface area contributed by atoms with Crippen LogP contribution in [0.3, 0.4) is 0 Å². The molecular weight excluding hydrogens is 112 g/mol. The zero-order valence-electron chi connectivity index (χ0n) is 6.20. The van der Waals surface area contributed by atoms with E-state index < -0.39 is 0 Å². The highest BCUT2D eigenvalue weighted by Crippen LogP contribution is 2.24. The Morgan fingerprint density at radius 3 is 2.25 bits per heavy atom. The highest BCUT2D eigenvalue weighted by molar-refractivity contribution is 6.14. The zero-order valence-corrected chi connectivity index (χ0v) is 8.20. The van der Waals surface area contributed by atoms with Gasteiger partial charge in [0.15, 0.2) is 0 Å². The Morgan fingerprint density at radius 2 is 2.12 bits per heavy atom. The molecule has 0 N–H and O–H groups in total. The van der Waals surface area contributed by atoms with E-state index in [0.29, 0.717) is 5.04 Å². The van der Waals surface area contributed by atoms with Crippen LogP contribution < -0.4 is 0 Å². The number of hydrogen-bond acceptors (Lipinski definition) is 0. The summed E-state index contributed by atoms with van der Waals surface area (Å²) >= 11 is 0. The van der Waals surface area contributed by atoms with Crippen LogP contribution in [-0.4, -0.2) is 10.2 Å². The molecule has 0 aromatic rings. The molecule has 0 amide bonds. The van der Waals surface area contributed by atoms with Crippen molar-refractivity contribution in [1.29, 1.82) is 0 Å². The van der Waals surface area contributed by atoms with Crippen molar-refractivity contribution in [3.05, 3.63) is 12.7 Å². The summed E-state index contributed by atoms with van der Waals surface area (Å²) in [5, 5.41) is 0.619. The van der Waals surface area contributed by atoms with Crippen LogP contribution >= 0.6 is 0 Å². The number of rotatable bonds is 3. The standard InChI is InChI=1S/C7H16Si/c1-4-5-6-7(2,3)8/h4H,1,5-6H2,2-3,8H3. The van der Waals surface area contributed by atoms with Crippen molar-refractivity contribution < 1.29 is 0 Å². The summed E-state index contributed by atoms with van der Waals surface area (Å²) in [6.45, 7) is 8.30. The second-order valence-corrected chi connectivity index (χ2v) is 6.10. The number of allylic oxidation sites excluding steroid dienone is 1. The minimum absolute atomic E-state index is 0.619. The van der Waals surface area contributed by atoms with Crippen molar-refractivity contribution in [2.75, 3.05) is 0 Å². The molecule has 0 radical (unpaired) electrons. The third-order valence-electron chi connectivity index (χ3n) is 1.10. The SMILES string of the molecule is C=CCCC(C)(C)[SiH3]. The summed E-state index contributed by atoms with van der Waals surface area (Å²) in [6, 6.07) is 0. The largest absolute Gasteiger partial charge is 0.103 e. The van der Waals surface area contributed by atoms with E-state index in [1.807, 2.05) is 6.08 Å². The summed E-state index contributed by atoms with van der Waals surface area (Å²) in [4.78, 5) is 0. The fourth-order valence-electron chi connectivity index (χ4n) is 0.535. The summed E-state index contributed by atoms with van der Waals surface area (Å²) < 4.78 is 0. The fourth-order valence-corrected chi connectivity index (χ4v) is 0.824. The molecule has 0 aromatic heterocycles. The number of hydrogen-bond donors (Lipinski definition) is 0. The average molecular weight is 128 g/mol. The Morgan fingerprint density at radius 1 is 1.62 bits per heavy atom. The van der Waals surface area contributed by atoms with E-state index in [9.17, 15) is 0 Å². The zero-order chi connectivity index (χ0) is 6.62. The van der Waals surface area contributed by atoms with Gasteiger partial charge in [-0.2, -0.15) is 0 Å². The molecule has 0 saturated heterocycles. The van der Waals surface area contributed by atoms with E-state index in [4.69, 9.17) is 0 Å². The van der Waals surface area contributed by atoms with Crippen LogP contribution in [0.5, 0.6) is 0 Å². The summed E-state index contributed by atoms with van der Waals surface area (Å²) in [5.41, 5.74) is 0. The Kier molecular flexibility index (Phi) is 3.06. The van der Waals surface area contributed by atoms with Crippen LogP contribution in [0.15, 0.2) is 12.7 Å². The first-order chi connectivity index (χ1) is 3.56. The minimum Gasteiger partial charge on any atom is -0.103 e. The molecule has 0 rings (SSSR count). The fraction of sp³-hybridized carbons (Fsp3) is 0.714. The maximum atomic E-state index is 3.68. The van der Waals surface area contributed by atoms with Crippen molar-refractivity contribution in [3.8, 4) is 0 Å². The van der Waals surface area contributed by atoms with Gasteiger partial charge in [0.1, 0.15) is 0 Å². The lowest BCUT2D eigenvalue weighted by atomic mass is 10.1. The van der Waals surface area contributed by atoms with Gasteiger partial charge in [-0.25, -0.2) is 0 Å². The first-order valence-electron chi connectivity index (χ1n) is 3.17. The first kappa shape index (κ1) is 7.96. The molecule has 0 bridgehead atoms. The lowest BCUT2D eigenvalue weighted by Crippen LogP contribution is -1.99. The Bertz CT molecular complexity index is 68.9. The van der Waals surface area contributed by atoms with Crippen molar-refractivity contribution in [3.63, 3.8) is 0 Å². The van der Waals surface area contributed by atoms with E-state index in [1.165, 1.54) is 23.1 Å². The predicted molar refractivity (Wildman–Crippen MR) is 43.4 cm³/mol. The molecule has 0 aliphatic rings. The van der Waals surface area contributed by atoms with Crippen LogP contribution in [0.2, 0.25) is 5.04 Å². The first-order valence-corrected chi connectivity index (χ1v) is 4.17. The third-order valence-corrected chi connectivity index (χ3v) is 1.60. The van der Waals surface area contributed by atoms with Crippen molar-refractivity contribution in [2.45, 2.75) is 31.7 Å². The predicted octanol–water partition coefficient (Wildman–Crippen LogP) is 1.52. The van der Waals surface area contributed by atoms with Crippen LogP contribution in [0.1, 0.15) is 26.7 Å². The van der Waals surface area contributed by atoms with E-state index in [1.54, 1.807) is 0 Å². The van der Waals surface area contributed by atoms with E-state index in [0.717, 1.165) is 0 Å². The molecule has 48 valence electrons. The maximum Gasteiger partial charge on any atom is 0.00996 e. The molecule has 0 heterocycles. The molecule has 0 atom stereocenters. The molecule has 0 saturated carbocycles. The van der Waals surface area contributed by atoms with Crippen molar-refractivity contribution in [2.24, 2.45) is 0 Å². The maximum absolute atomic E-state index is 3.68. The Hall–Kier alpha value is -0.0431. The topological polar surface area (TPSA) is 0 Å². The Labute approximate surface area is 55.4 Å². The van der Waals surface area contributed by atoms with Gasteiger partial charge >= 0.3 is 0 Å². The minimum atomic E-state index is 0.619. The third kappa shape index (κ3) is 5.96. The van der Waals surface area contributed by atoms with Crippen molar-refractivity contribution in [1.82, 2.24) is 0 Å².